The van der Waals surface area contributed by atoms with Crippen molar-refractivity contribution < 1.29 is 28.7 Å². The van der Waals surface area contributed by atoms with Gasteiger partial charge in [0.15, 0.2) is 0 Å². The summed E-state index contributed by atoms with van der Waals surface area (Å²) in [6, 6.07) is 11.6. The average molecular weight is 749 g/mol. The molecule has 6 rings (SSSR count). The Balaban J connectivity index is 1.13. The molecular weight excluding hydrogens is 701 g/mol. The van der Waals surface area contributed by atoms with Gasteiger partial charge in [-0.1, -0.05) is 63.3 Å². The van der Waals surface area contributed by atoms with Crippen molar-refractivity contribution in [1.29, 1.82) is 0 Å². The maximum Gasteiger partial charge on any atom is 0.407 e. The van der Waals surface area contributed by atoms with Crippen molar-refractivity contribution in [2.24, 2.45) is 11.8 Å². The second-order valence-corrected chi connectivity index (χ2v) is 14.7. The number of amides is 4. The highest BCUT2D eigenvalue weighted by Gasteiger charge is 2.38. The van der Waals surface area contributed by atoms with Crippen molar-refractivity contribution >= 4 is 35.0 Å². The summed E-state index contributed by atoms with van der Waals surface area (Å²) >= 11 is 0. The van der Waals surface area contributed by atoms with Gasteiger partial charge in [-0.15, -0.1) is 0 Å². The first-order valence-corrected chi connectivity index (χ1v) is 18.5. The predicted molar refractivity (Wildman–Crippen MR) is 206 cm³/mol. The molecule has 0 unspecified atom stereocenters. The fourth-order valence-corrected chi connectivity index (χ4v) is 7.07. The number of benzene rings is 2. The first-order chi connectivity index (χ1) is 26.4. The molecule has 0 saturated carbocycles. The topological polar surface area (TPSA) is 175 Å². The van der Waals surface area contributed by atoms with Gasteiger partial charge >= 0.3 is 12.2 Å². The van der Waals surface area contributed by atoms with Gasteiger partial charge < -0.3 is 39.9 Å². The average Bonchev–Trinajstić information content (AvgIpc) is 4.00. The van der Waals surface area contributed by atoms with E-state index in [-0.39, 0.29) is 29.7 Å². The number of carbonyl (C=O) groups is 4. The summed E-state index contributed by atoms with van der Waals surface area (Å²) in [5.74, 6) is 7.22. The minimum absolute atomic E-state index is 0.115. The number of hydrogen-bond donors (Lipinski definition) is 4. The van der Waals surface area contributed by atoms with Crippen LogP contribution in [0.15, 0.2) is 60.3 Å². The van der Waals surface area contributed by atoms with E-state index >= 15 is 0 Å². The van der Waals surface area contributed by atoms with Crippen molar-refractivity contribution in [3.63, 3.8) is 0 Å². The molecule has 2 aromatic heterocycles. The number of aromatic nitrogens is 4. The van der Waals surface area contributed by atoms with Crippen LogP contribution in [-0.2, 0) is 19.1 Å². The van der Waals surface area contributed by atoms with Gasteiger partial charge in [-0.2, -0.15) is 0 Å². The summed E-state index contributed by atoms with van der Waals surface area (Å²) < 4.78 is 9.50. The van der Waals surface area contributed by atoms with Crippen molar-refractivity contribution in [2.75, 3.05) is 27.3 Å². The molecule has 0 bridgehead atoms. The van der Waals surface area contributed by atoms with Gasteiger partial charge in [0, 0.05) is 24.2 Å². The van der Waals surface area contributed by atoms with Gasteiger partial charge in [-0.25, -0.2) is 19.6 Å². The van der Waals surface area contributed by atoms with Crippen LogP contribution in [0.1, 0.15) is 82.3 Å². The third kappa shape index (κ3) is 8.51. The van der Waals surface area contributed by atoms with Crippen LogP contribution < -0.4 is 10.6 Å². The number of fused-ring (bicyclic) bond motifs is 1. The smallest absolute Gasteiger partial charge is 0.407 e. The van der Waals surface area contributed by atoms with Gasteiger partial charge in [0.2, 0.25) is 11.8 Å². The Bertz CT molecular complexity index is 2160. The van der Waals surface area contributed by atoms with E-state index in [0.717, 1.165) is 51.8 Å². The number of ether oxygens (including phenoxy) is 2. The first kappa shape index (κ1) is 38.6. The van der Waals surface area contributed by atoms with Crippen LogP contribution in [0.4, 0.5) is 9.59 Å². The summed E-state index contributed by atoms with van der Waals surface area (Å²) in [6.07, 6.45) is 4.08. The monoisotopic (exact) mass is 748 g/mol. The molecule has 2 aromatic carbocycles. The van der Waals surface area contributed by atoms with E-state index < -0.39 is 30.3 Å². The molecular formula is C41H48N8O6. The molecule has 1 saturated heterocycles. The largest absolute Gasteiger partial charge is 0.453 e. The second kappa shape index (κ2) is 16.5. The maximum absolute atomic E-state index is 13.6. The SMILES string of the molecule is COC(=O)N[C@H](C(=O)N1CC(C)=C[C@H]1c1ncc(-c2ccc(C#Cc3ccc4nc([C@@H]5CCCN5C(=O)[C@@H](NC(=O)OC)C(C)C)[nH]c4c3)cc2)[nH]1)C(C)C. The van der Waals surface area contributed by atoms with Crippen LogP contribution >= 0.6 is 0 Å². The van der Waals surface area contributed by atoms with E-state index in [4.69, 9.17) is 14.5 Å². The number of aromatic amines is 2. The Labute approximate surface area is 320 Å². The molecule has 4 amide bonds. The van der Waals surface area contributed by atoms with E-state index in [2.05, 4.69) is 37.4 Å². The van der Waals surface area contributed by atoms with Crippen LogP contribution in [0.5, 0.6) is 0 Å². The second-order valence-electron chi connectivity index (χ2n) is 14.7. The van der Waals surface area contributed by atoms with Crippen molar-refractivity contribution in [2.45, 2.75) is 71.6 Å². The number of hydrogen-bond acceptors (Lipinski definition) is 8. The highest BCUT2D eigenvalue weighted by molar-refractivity contribution is 5.88. The molecule has 14 nitrogen and oxygen atoms in total. The zero-order chi connectivity index (χ0) is 39.4. The third-order valence-electron chi connectivity index (χ3n) is 10.0. The van der Waals surface area contributed by atoms with E-state index in [1.165, 1.54) is 14.2 Å². The molecule has 2 aliphatic rings. The molecule has 4 aromatic rings. The summed E-state index contributed by atoms with van der Waals surface area (Å²) in [6.45, 7) is 10.5. The highest BCUT2D eigenvalue weighted by Crippen LogP contribution is 2.34. The third-order valence-corrected chi connectivity index (χ3v) is 10.0. The van der Waals surface area contributed by atoms with Crippen LogP contribution in [0.3, 0.4) is 0 Å². The molecule has 55 heavy (non-hydrogen) atoms. The number of nitrogens with one attached hydrogen (secondary N) is 4. The van der Waals surface area contributed by atoms with Crippen LogP contribution in [-0.4, -0.2) is 93.1 Å². The van der Waals surface area contributed by atoms with Crippen LogP contribution in [0.2, 0.25) is 0 Å². The fraction of sp³-hybridized carbons (Fsp3) is 0.415. The summed E-state index contributed by atoms with van der Waals surface area (Å²) in [4.78, 5) is 70.8. The van der Waals surface area contributed by atoms with Gasteiger partial charge in [0.05, 0.1) is 43.2 Å². The van der Waals surface area contributed by atoms with Crippen LogP contribution in [0, 0.1) is 23.7 Å². The van der Waals surface area contributed by atoms with E-state index in [0.29, 0.717) is 24.7 Å². The van der Waals surface area contributed by atoms with Crippen molar-refractivity contribution in [1.82, 2.24) is 40.4 Å². The number of carbonyl (C=O) groups excluding carboxylic acids is 4. The molecule has 4 atom stereocenters. The van der Waals surface area contributed by atoms with Gasteiger partial charge in [0.1, 0.15) is 29.8 Å². The van der Waals surface area contributed by atoms with E-state index in [1.807, 2.05) is 83.2 Å². The van der Waals surface area contributed by atoms with E-state index in [1.54, 1.807) is 16.0 Å². The van der Waals surface area contributed by atoms with Gasteiger partial charge in [-0.3, -0.25) is 9.59 Å². The highest BCUT2D eigenvalue weighted by atomic mass is 16.5. The Morgan fingerprint density at radius 1 is 0.836 bits per heavy atom. The molecule has 14 heteroatoms. The Morgan fingerprint density at radius 2 is 1.45 bits per heavy atom. The molecule has 0 radical (unpaired) electrons. The first-order valence-electron chi connectivity index (χ1n) is 18.5. The Morgan fingerprint density at radius 3 is 2.09 bits per heavy atom. The number of alkyl carbamates (subject to hydrolysis) is 2. The zero-order valence-electron chi connectivity index (χ0n) is 32.2. The lowest BCUT2D eigenvalue weighted by Crippen LogP contribution is -2.51. The summed E-state index contributed by atoms with van der Waals surface area (Å²) in [5.41, 5.74) is 6.00. The summed E-state index contributed by atoms with van der Waals surface area (Å²) in [5, 5.41) is 5.36. The Hall–Kier alpha value is -6.10. The molecule has 4 N–H and O–H groups in total. The number of nitrogens with zero attached hydrogens (tertiary/aromatic N) is 4. The van der Waals surface area contributed by atoms with Gasteiger partial charge in [0.25, 0.3) is 0 Å². The molecule has 1 fully saturated rings. The number of likely N-dealkylation sites (tertiary alicyclic amines) is 1. The molecule has 0 aliphatic carbocycles. The van der Waals surface area contributed by atoms with Crippen molar-refractivity contribution in [3.8, 4) is 23.1 Å². The lowest BCUT2D eigenvalue weighted by molar-refractivity contribution is -0.136. The fourth-order valence-electron chi connectivity index (χ4n) is 7.07. The minimum Gasteiger partial charge on any atom is -0.453 e. The standard InChI is InChI=1S/C41H48N8O6/c1-23(2)34(46-40(52)54-6)38(50)48-18-8-9-32(48)37-43-29-17-14-27(20-30(29)44-37)11-10-26-12-15-28(16-13-26)31-21-42-36(45-31)33-19-25(5)22-49(33)39(51)35(24(3)4)47-41(53)55-7/h12-17,19-21,23-24,32-35H,8-9,18,22H2,1-7H3,(H,42,45)(H,43,44)(H,46,52)(H,47,53)/t32-,33-,34-,35-/m0/s1. The zero-order valence-corrected chi connectivity index (χ0v) is 32.2. The predicted octanol–water partition coefficient (Wildman–Crippen LogP) is 5.61. The van der Waals surface area contributed by atoms with Gasteiger partial charge in [-0.05, 0) is 67.5 Å². The number of rotatable bonds is 9. The minimum atomic E-state index is -0.738. The van der Waals surface area contributed by atoms with Crippen LogP contribution in [0.25, 0.3) is 22.3 Å². The molecule has 2 aliphatic heterocycles. The Kier molecular flexibility index (Phi) is 11.6. The molecule has 4 heterocycles. The normalized spacial score (nSPS) is 17.8. The number of H-pyrrole nitrogens is 2. The number of methoxy groups -OCH3 is 2. The lowest BCUT2D eigenvalue weighted by Gasteiger charge is -2.30. The maximum atomic E-state index is 13.6. The quantitative estimate of drug-likeness (QED) is 0.126. The number of imidazole rings is 2. The lowest BCUT2D eigenvalue weighted by atomic mass is 10.0. The molecule has 288 valence electrons. The summed E-state index contributed by atoms with van der Waals surface area (Å²) in [7, 11) is 2.56. The van der Waals surface area contributed by atoms with E-state index in [9.17, 15) is 19.2 Å². The van der Waals surface area contributed by atoms with Crippen molar-refractivity contribution in [3.05, 3.63) is 83.1 Å². The molecule has 0 spiro atoms.